The molecule has 1 aliphatic heterocycles. The van der Waals surface area contributed by atoms with Crippen molar-refractivity contribution in [2.45, 2.75) is 32.6 Å². The van der Waals surface area contributed by atoms with Crippen LogP contribution in [-0.2, 0) is 5.41 Å². The van der Waals surface area contributed by atoms with E-state index in [9.17, 15) is 4.79 Å². The van der Waals surface area contributed by atoms with Crippen LogP contribution in [0.5, 0.6) is 5.75 Å². The Kier molecular flexibility index (Phi) is 4.18. The van der Waals surface area contributed by atoms with E-state index in [0.29, 0.717) is 5.56 Å². The number of benzene rings is 2. The molecule has 0 aliphatic carbocycles. The van der Waals surface area contributed by atoms with Gasteiger partial charge in [0.25, 0.3) is 0 Å². The first kappa shape index (κ1) is 16.3. The molecule has 124 valence electrons. The second kappa shape index (κ2) is 6.16. The summed E-state index contributed by atoms with van der Waals surface area (Å²) in [7, 11) is 0. The molecule has 0 fully saturated rings. The van der Waals surface area contributed by atoms with Crippen LogP contribution in [0, 0.1) is 0 Å². The third-order valence-electron chi connectivity index (χ3n) is 4.69. The zero-order valence-electron chi connectivity index (χ0n) is 14.3. The van der Waals surface area contributed by atoms with Gasteiger partial charge >= 0.3 is 5.97 Å². The highest BCUT2D eigenvalue weighted by molar-refractivity contribution is 5.88. The number of carbonyl (C=O) groups is 1. The summed E-state index contributed by atoms with van der Waals surface area (Å²) in [6.07, 6.45) is 3.09. The number of fused-ring (bicyclic) bond motifs is 1. The molecular formula is C21H22O3. The van der Waals surface area contributed by atoms with Gasteiger partial charge in [0.1, 0.15) is 5.75 Å². The summed E-state index contributed by atoms with van der Waals surface area (Å²) in [5.41, 5.74) is 4.97. The molecule has 1 heterocycles. The normalized spacial score (nSPS) is 16.2. The molecule has 3 heteroatoms. The Hall–Kier alpha value is -2.55. The summed E-state index contributed by atoms with van der Waals surface area (Å²) < 4.78 is 5.77. The maximum absolute atomic E-state index is 10.9. The quantitative estimate of drug-likeness (QED) is 0.808. The number of hydrogen-bond donors (Lipinski definition) is 1. The molecule has 3 nitrogen and oxygen atoms in total. The lowest BCUT2D eigenvalue weighted by molar-refractivity contribution is 0.0697. The Morgan fingerprint density at radius 2 is 1.79 bits per heavy atom. The zero-order chi connectivity index (χ0) is 17.3. The molecule has 0 aromatic heterocycles. The van der Waals surface area contributed by atoms with Crippen molar-refractivity contribution in [3.63, 3.8) is 0 Å². The van der Waals surface area contributed by atoms with E-state index in [4.69, 9.17) is 9.84 Å². The number of allylic oxidation sites excluding steroid dienone is 1. The number of hydrogen-bond acceptors (Lipinski definition) is 2. The van der Waals surface area contributed by atoms with Gasteiger partial charge in [-0.3, -0.25) is 0 Å². The molecule has 0 saturated heterocycles. The van der Waals surface area contributed by atoms with Crippen molar-refractivity contribution in [2.75, 3.05) is 6.61 Å². The van der Waals surface area contributed by atoms with E-state index in [-0.39, 0.29) is 5.41 Å². The predicted molar refractivity (Wildman–Crippen MR) is 96.5 cm³/mol. The first-order chi connectivity index (χ1) is 11.4. The number of aromatic carboxylic acids is 1. The van der Waals surface area contributed by atoms with Crippen molar-refractivity contribution in [1.82, 2.24) is 0 Å². The van der Waals surface area contributed by atoms with E-state index in [1.165, 1.54) is 5.56 Å². The molecule has 3 rings (SSSR count). The minimum Gasteiger partial charge on any atom is -0.493 e. The van der Waals surface area contributed by atoms with Gasteiger partial charge in [0.15, 0.2) is 0 Å². The molecule has 1 aliphatic rings. The molecule has 1 N–H and O–H groups in total. The maximum atomic E-state index is 10.9. The Balaban J connectivity index is 1.92. The number of ether oxygens (including phenoxy) is 1. The van der Waals surface area contributed by atoms with E-state index >= 15 is 0 Å². The SMILES string of the molecule is C/C(=C/c1ccc(C(=O)O)cc1)c1ccc2c(c1)C(C)(C)CCO2. The zero-order valence-corrected chi connectivity index (χ0v) is 14.3. The Morgan fingerprint density at radius 1 is 1.12 bits per heavy atom. The molecule has 0 amide bonds. The minimum atomic E-state index is -0.904. The van der Waals surface area contributed by atoms with Gasteiger partial charge in [-0.25, -0.2) is 4.79 Å². The third kappa shape index (κ3) is 3.21. The molecule has 0 spiro atoms. The molecule has 2 aromatic carbocycles. The fourth-order valence-electron chi connectivity index (χ4n) is 3.04. The minimum absolute atomic E-state index is 0.118. The molecule has 0 atom stereocenters. The second-order valence-electron chi connectivity index (χ2n) is 6.95. The van der Waals surface area contributed by atoms with Crippen LogP contribution in [0.15, 0.2) is 42.5 Å². The van der Waals surface area contributed by atoms with Crippen LogP contribution in [-0.4, -0.2) is 17.7 Å². The van der Waals surface area contributed by atoms with Crippen LogP contribution >= 0.6 is 0 Å². The van der Waals surface area contributed by atoms with Crippen LogP contribution in [0.1, 0.15) is 54.2 Å². The van der Waals surface area contributed by atoms with Crippen molar-refractivity contribution in [3.8, 4) is 5.75 Å². The molecule has 24 heavy (non-hydrogen) atoms. The number of rotatable bonds is 3. The van der Waals surface area contributed by atoms with Crippen molar-refractivity contribution < 1.29 is 14.6 Å². The molecule has 0 bridgehead atoms. The lowest BCUT2D eigenvalue weighted by Gasteiger charge is -2.32. The lowest BCUT2D eigenvalue weighted by atomic mass is 9.79. The molecule has 0 unspecified atom stereocenters. The van der Waals surface area contributed by atoms with Crippen molar-refractivity contribution in [2.24, 2.45) is 0 Å². The largest absolute Gasteiger partial charge is 0.493 e. The summed E-state index contributed by atoms with van der Waals surface area (Å²) in [6, 6.07) is 13.3. The number of carboxylic acid groups (broad SMARTS) is 1. The number of carboxylic acids is 1. The summed E-state index contributed by atoms with van der Waals surface area (Å²) in [5.74, 6) is 0.0766. The fourth-order valence-corrected chi connectivity index (χ4v) is 3.04. The van der Waals surface area contributed by atoms with Gasteiger partial charge in [-0.15, -0.1) is 0 Å². The molecular weight excluding hydrogens is 300 g/mol. The first-order valence-corrected chi connectivity index (χ1v) is 8.16. The van der Waals surface area contributed by atoms with E-state index in [1.807, 2.05) is 12.1 Å². The average molecular weight is 322 g/mol. The summed E-state index contributed by atoms with van der Waals surface area (Å²) in [5, 5.41) is 8.97. The molecule has 0 radical (unpaired) electrons. The summed E-state index contributed by atoms with van der Waals surface area (Å²) >= 11 is 0. The van der Waals surface area contributed by atoms with E-state index in [2.05, 4.69) is 45.0 Å². The van der Waals surface area contributed by atoms with Gasteiger partial charge in [-0.1, -0.05) is 38.1 Å². The van der Waals surface area contributed by atoms with Gasteiger partial charge in [-0.05, 0) is 59.7 Å². The van der Waals surface area contributed by atoms with Crippen LogP contribution in [0.3, 0.4) is 0 Å². The standard InChI is InChI=1S/C21H22O3/c1-14(12-15-4-6-16(7-5-15)20(22)23)17-8-9-19-18(13-17)21(2,3)10-11-24-19/h4-9,12-13H,10-11H2,1-3H3,(H,22,23)/b14-12-. The summed E-state index contributed by atoms with van der Waals surface area (Å²) in [6.45, 7) is 7.34. The molecule has 0 saturated carbocycles. The van der Waals surface area contributed by atoms with Crippen molar-refractivity contribution in [1.29, 1.82) is 0 Å². The summed E-state index contributed by atoms with van der Waals surface area (Å²) in [4.78, 5) is 10.9. The van der Waals surface area contributed by atoms with E-state index in [0.717, 1.165) is 35.5 Å². The van der Waals surface area contributed by atoms with Gasteiger partial charge in [0.2, 0.25) is 0 Å². The van der Waals surface area contributed by atoms with E-state index in [1.54, 1.807) is 12.1 Å². The predicted octanol–water partition coefficient (Wildman–Crippen LogP) is 5.01. The van der Waals surface area contributed by atoms with Crippen LogP contribution in [0.25, 0.3) is 11.6 Å². The van der Waals surface area contributed by atoms with Crippen molar-refractivity contribution in [3.05, 3.63) is 64.7 Å². The van der Waals surface area contributed by atoms with Gasteiger partial charge in [0, 0.05) is 5.56 Å². The highest BCUT2D eigenvalue weighted by Crippen LogP contribution is 2.39. The maximum Gasteiger partial charge on any atom is 0.335 e. The third-order valence-corrected chi connectivity index (χ3v) is 4.69. The van der Waals surface area contributed by atoms with Gasteiger partial charge in [-0.2, -0.15) is 0 Å². The monoisotopic (exact) mass is 322 g/mol. The first-order valence-electron chi connectivity index (χ1n) is 8.16. The highest BCUT2D eigenvalue weighted by Gasteiger charge is 2.28. The Morgan fingerprint density at radius 3 is 2.46 bits per heavy atom. The van der Waals surface area contributed by atoms with Crippen LogP contribution in [0.2, 0.25) is 0 Å². The smallest absolute Gasteiger partial charge is 0.335 e. The van der Waals surface area contributed by atoms with Gasteiger partial charge in [0.05, 0.1) is 12.2 Å². The van der Waals surface area contributed by atoms with Crippen LogP contribution < -0.4 is 4.74 Å². The topological polar surface area (TPSA) is 46.5 Å². The fraction of sp³-hybridized carbons (Fsp3) is 0.286. The Labute approximate surface area is 142 Å². The van der Waals surface area contributed by atoms with Crippen LogP contribution in [0.4, 0.5) is 0 Å². The second-order valence-corrected chi connectivity index (χ2v) is 6.95. The lowest BCUT2D eigenvalue weighted by Crippen LogP contribution is -2.26. The average Bonchev–Trinajstić information content (AvgIpc) is 2.55. The van der Waals surface area contributed by atoms with Gasteiger partial charge < -0.3 is 9.84 Å². The Bertz CT molecular complexity index is 798. The molecule has 2 aromatic rings. The van der Waals surface area contributed by atoms with E-state index < -0.39 is 5.97 Å². The highest BCUT2D eigenvalue weighted by atomic mass is 16.5. The van der Waals surface area contributed by atoms with Crippen molar-refractivity contribution >= 4 is 17.6 Å².